The van der Waals surface area contributed by atoms with Gasteiger partial charge in [-0.1, -0.05) is 0 Å². The first-order valence-electron chi connectivity index (χ1n) is 5.34. The van der Waals surface area contributed by atoms with Crippen molar-refractivity contribution >= 4 is 16.9 Å². The number of ether oxygens (including phenoxy) is 2. The Morgan fingerprint density at radius 2 is 1.89 bits per heavy atom. The first-order chi connectivity index (χ1) is 8.58. The standard InChI is InChI=1S/C13H13NO4/c1-7-6-10(18-3)11-8(14-7)4-5-9(17-2)12(11)13(15)16/h4-6H,1-3H3,(H,15,16). The van der Waals surface area contributed by atoms with Crippen LogP contribution in [0.3, 0.4) is 0 Å². The van der Waals surface area contributed by atoms with Gasteiger partial charge in [-0.2, -0.15) is 0 Å². The molecule has 1 heterocycles. The zero-order valence-electron chi connectivity index (χ0n) is 10.4. The number of benzene rings is 1. The van der Waals surface area contributed by atoms with Crippen LogP contribution in [0.5, 0.6) is 11.5 Å². The van der Waals surface area contributed by atoms with Gasteiger partial charge in [-0.15, -0.1) is 0 Å². The largest absolute Gasteiger partial charge is 0.496 e. The molecular weight excluding hydrogens is 234 g/mol. The van der Waals surface area contributed by atoms with Crippen LogP contribution < -0.4 is 9.47 Å². The number of carboxylic acid groups (broad SMARTS) is 1. The summed E-state index contributed by atoms with van der Waals surface area (Å²) in [5.74, 6) is -0.297. The summed E-state index contributed by atoms with van der Waals surface area (Å²) in [5.41, 5.74) is 1.41. The average Bonchev–Trinajstić information content (AvgIpc) is 2.35. The maximum Gasteiger partial charge on any atom is 0.340 e. The van der Waals surface area contributed by atoms with Crippen molar-refractivity contribution in [2.45, 2.75) is 6.92 Å². The molecule has 0 saturated carbocycles. The monoisotopic (exact) mass is 247 g/mol. The van der Waals surface area contributed by atoms with Gasteiger partial charge < -0.3 is 14.6 Å². The van der Waals surface area contributed by atoms with Crippen molar-refractivity contribution in [2.24, 2.45) is 0 Å². The summed E-state index contributed by atoms with van der Waals surface area (Å²) in [7, 11) is 2.93. The molecule has 0 atom stereocenters. The first kappa shape index (κ1) is 12.2. The molecule has 1 aromatic carbocycles. The molecule has 0 amide bonds. The number of carboxylic acids is 1. The number of hydrogen-bond acceptors (Lipinski definition) is 4. The highest BCUT2D eigenvalue weighted by Gasteiger charge is 2.19. The van der Waals surface area contributed by atoms with Gasteiger partial charge in [0, 0.05) is 11.8 Å². The lowest BCUT2D eigenvalue weighted by atomic mass is 10.1. The van der Waals surface area contributed by atoms with E-state index in [0.717, 1.165) is 5.69 Å². The molecule has 2 rings (SSSR count). The SMILES string of the molecule is COc1ccc2nc(C)cc(OC)c2c1C(=O)O. The minimum absolute atomic E-state index is 0.0688. The molecule has 5 nitrogen and oxygen atoms in total. The quantitative estimate of drug-likeness (QED) is 0.900. The normalized spacial score (nSPS) is 10.4. The third-order valence-electron chi connectivity index (χ3n) is 2.68. The molecule has 0 bridgehead atoms. The van der Waals surface area contributed by atoms with Crippen LogP contribution in [-0.4, -0.2) is 30.3 Å². The number of carbonyl (C=O) groups is 1. The molecule has 0 unspecified atom stereocenters. The van der Waals surface area contributed by atoms with Crippen molar-refractivity contribution in [3.05, 3.63) is 29.5 Å². The van der Waals surface area contributed by atoms with Gasteiger partial charge in [0.15, 0.2) is 0 Å². The van der Waals surface area contributed by atoms with Crippen molar-refractivity contribution in [3.8, 4) is 11.5 Å². The fourth-order valence-electron chi connectivity index (χ4n) is 1.94. The predicted octanol–water partition coefficient (Wildman–Crippen LogP) is 2.26. The molecule has 0 saturated heterocycles. The van der Waals surface area contributed by atoms with Crippen LogP contribution in [0.2, 0.25) is 0 Å². The lowest BCUT2D eigenvalue weighted by molar-refractivity contribution is 0.0695. The van der Waals surface area contributed by atoms with Gasteiger partial charge in [0.1, 0.15) is 17.1 Å². The van der Waals surface area contributed by atoms with Crippen LogP contribution in [0.4, 0.5) is 0 Å². The van der Waals surface area contributed by atoms with Gasteiger partial charge in [0.25, 0.3) is 0 Å². The molecule has 2 aromatic rings. The summed E-state index contributed by atoms with van der Waals surface area (Å²) in [6.07, 6.45) is 0. The topological polar surface area (TPSA) is 68.7 Å². The fraction of sp³-hybridized carbons (Fsp3) is 0.231. The number of methoxy groups -OCH3 is 2. The Bertz CT molecular complexity index is 622. The van der Waals surface area contributed by atoms with Gasteiger partial charge >= 0.3 is 5.97 Å². The Morgan fingerprint density at radius 3 is 2.44 bits per heavy atom. The Morgan fingerprint density at radius 1 is 1.22 bits per heavy atom. The van der Waals surface area contributed by atoms with Crippen LogP contribution in [0, 0.1) is 6.92 Å². The number of rotatable bonds is 3. The van der Waals surface area contributed by atoms with Crippen molar-refractivity contribution in [1.82, 2.24) is 4.98 Å². The molecule has 94 valence electrons. The smallest absolute Gasteiger partial charge is 0.340 e. The molecular formula is C13H13NO4. The molecule has 5 heteroatoms. The highest BCUT2D eigenvalue weighted by molar-refractivity contribution is 6.07. The van der Waals surface area contributed by atoms with Gasteiger partial charge in [-0.25, -0.2) is 4.79 Å². The molecule has 0 aliphatic carbocycles. The molecule has 1 aromatic heterocycles. The highest BCUT2D eigenvalue weighted by atomic mass is 16.5. The number of nitrogens with zero attached hydrogens (tertiary/aromatic N) is 1. The molecule has 18 heavy (non-hydrogen) atoms. The summed E-state index contributed by atoms with van der Waals surface area (Å²) < 4.78 is 10.3. The number of hydrogen-bond donors (Lipinski definition) is 1. The highest BCUT2D eigenvalue weighted by Crippen LogP contribution is 2.34. The van der Waals surface area contributed by atoms with Crippen molar-refractivity contribution in [1.29, 1.82) is 0 Å². The molecule has 0 radical (unpaired) electrons. The van der Waals surface area contributed by atoms with E-state index >= 15 is 0 Å². The van der Waals surface area contributed by atoms with E-state index < -0.39 is 5.97 Å². The molecule has 0 aliphatic heterocycles. The van der Waals surface area contributed by atoms with Crippen LogP contribution in [-0.2, 0) is 0 Å². The predicted molar refractivity (Wildman–Crippen MR) is 66.5 cm³/mol. The van der Waals surface area contributed by atoms with E-state index in [1.165, 1.54) is 14.2 Å². The maximum atomic E-state index is 11.4. The van der Waals surface area contributed by atoms with Gasteiger partial charge in [0.2, 0.25) is 0 Å². The number of aromatic carboxylic acids is 1. The fourth-order valence-corrected chi connectivity index (χ4v) is 1.94. The van der Waals surface area contributed by atoms with Crippen LogP contribution >= 0.6 is 0 Å². The zero-order valence-corrected chi connectivity index (χ0v) is 10.4. The zero-order chi connectivity index (χ0) is 13.3. The Kier molecular flexibility index (Phi) is 3.06. The Labute approximate surface area is 104 Å². The van der Waals surface area contributed by atoms with Gasteiger partial charge in [-0.3, -0.25) is 4.98 Å². The number of fused-ring (bicyclic) bond motifs is 1. The van der Waals surface area contributed by atoms with Gasteiger partial charge in [-0.05, 0) is 19.1 Å². The molecule has 1 N–H and O–H groups in total. The summed E-state index contributed by atoms with van der Waals surface area (Å²) in [6, 6.07) is 5.02. The van der Waals surface area contributed by atoms with E-state index in [1.54, 1.807) is 18.2 Å². The number of aromatic nitrogens is 1. The lowest BCUT2D eigenvalue weighted by Gasteiger charge is -2.12. The average molecular weight is 247 g/mol. The summed E-state index contributed by atoms with van der Waals surface area (Å²) in [5, 5.41) is 9.77. The molecule has 0 spiro atoms. The van der Waals surface area contributed by atoms with Crippen LogP contribution in [0.25, 0.3) is 10.9 Å². The van der Waals surface area contributed by atoms with E-state index in [0.29, 0.717) is 22.4 Å². The van der Waals surface area contributed by atoms with Crippen molar-refractivity contribution in [2.75, 3.05) is 14.2 Å². The first-order valence-corrected chi connectivity index (χ1v) is 5.34. The Hall–Kier alpha value is -2.30. The minimum atomic E-state index is -1.07. The van der Waals surface area contributed by atoms with Crippen molar-refractivity contribution < 1.29 is 19.4 Å². The second kappa shape index (κ2) is 4.52. The van der Waals surface area contributed by atoms with Gasteiger partial charge in [0.05, 0.1) is 25.1 Å². The lowest BCUT2D eigenvalue weighted by Crippen LogP contribution is -2.04. The Balaban J connectivity index is 2.94. The molecule has 0 aliphatic rings. The van der Waals surface area contributed by atoms with E-state index in [1.807, 2.05) is 6.92 Å². The van der Waals surface area contributed by atoms with Crippen molar-refractivity contribution in [3.63, 3.8) is 0 Å². The minimum Gasteiger partial charge on any atom is -0.496 e. The van der Waals surface area contributed by atoms with E-state index in [2.05, 4.69) is 4.98 Å². The van der Waals surface area contributed by atoms with Crippen LogP contribution in [0.1, 0.15) is 16.1 Å². The second-order valence-electron chi connectivity index (χ2n) is 3.81. The summed E-state index contributed by atoms with van der Waals surface area (Å²) >= 11 is 0. The van der Waals surface area contributed by atoms with E-state index in [4.69, 9.17) is 9.47 Å². The summed E-state index contributed by atoms with van der Waals surface area (Å²) in [4.78, 5) is 15.7. The molecule has 0 fully saturated rings. The van der Waals surface area contributed by atoms with E-state index in [-0.39, 0.29) is 5.56 Å². The summed E-state index contributed by atoms with van der Waals surface area (Å²) in [6.45, 7) is 1.83. The van der Waals surface area contributed by atoms with Crippen LogP contribution in [0.15, 0.2) is 18.2 Å². The maximum absolute atomic E-state index is 11.4. The van der Waals surface area contributed by atoms with E-state index in [9.17, 15) is 9.90 Å². The third-order valence-corrected chi connectivity index (χ3v) is 2.68. The second-order valence-corrected chi connectivity index (χ2v) is 3.81. The third kappa shape index (κ3) is 1.84. The number of pyridine rings is 1. The number of aryl methyl sites for hydroxylation is 1.